The molecule has 0 unspecified atom stereocenters. The van der Waals surface area contributed by atoms with Crippen molar-refractivity contribution in [2.45, 2.75) is 26.0 Å². The molecule has 7 nitrogen and oxygen atoms in total. The topological polar surface area (TPSA) is 85.9 Å². The van der Waals surface area contributed by atoms with E-state index in [0.717, 1.165) is 5.56 Å². The number of alkyl carbamates (subject to hydrolysis) is 1. The van der Waals surface area contributed by atoms with Gasteiger partial charge in [0, 0.05) is 11.8 Å². The van der Waals surface area contributed by atoms with E-state index in [2.05, 4.69) is 10.6 Å². The molecule has 144 valence electrons. The van der Waals surface area contributed by atoms with Crippen molar-refractivity contribution in [3.8, 4) is 11.5 Å². The molecule has 0 aliphatic carbocycles. The molecule has 0 aromatic heterocycles. The summed E-state index contributed by atoms with van der Waals surface area (Å²) in [5, 5.41) is 5.31. The van der Waals surface area contributed by atoms with Gasteiger partial charge in [0.15, 0.2) is 11.5 Å². The number of nitrogens with one attached hydrogen (secondary N) is 2. The normalized spacial score (nSPS) is 10.7. The summed E-state index contributed by atoms with van der Waals surface area (Å²) in [6.45, 7) is 3.31. The number of carbonyl (C=O) groups is 2. The molecule has 0 atom stereocenters. The van der Waals surface area contributed by atoms with Crippen molar-refractivity contribution in [3.05, 3.63) is 54.1 Å². The lowest BCUT2D eigenvalue weighted by Gasteiger charge is -2.25. The van der Waals surface area contributed by atoms with Crippen LogP contribution < -0.4 is 20.1 Å². The molecule has 0 saturated carbocycles. The summed E-state index contributed by atoms with van der Waals surface area (Å²) in [5.74, 6) is 0.645. The molecule has 0 fully saturated rings. The van der Waals surface area contributed by atoms with Crippen LogP contribution in [0.5, 0.6) is 11.5 Å². The van der Waals surface area contributed by atoms with Crippen molar-refractivity contribution in [2.24, 2.45) is 0 Å². The Bertz CT molecular complexity index is 790. The van der Waals surface area contributed by atoms with Crippen LogP contribution >= 0.6 is 0 Å². The Morgan fingerprint density at radius 2 is 1.63 bits per heavy atom. The number of anilines is 1. The van der Waals surface area contributed by atoms with Crippen LogP contribution in [-0.4, -0.2) is 31.8 Å². The summed E-state index contributed by atoms with van der Waals surface area (Å²) in [4.78, 5) is 24.6. The van der Waals surface area contributed by atoms with Crippen molar-refractivity contribution < 1.29 is 23.8 Å². The first-order valence-electron chi connectivity index (χ1n) is 8.38. The molecule has 0 radical (unpaired) electrons. The zero-order chi connectivity index (χ0) is 19.9. The van der Waals surface area contributed by atoms with Gasteiger partial charge in [-0.05, 0) is 31.5 Å². The first-order chi connectivity index (χ1) is 12.9. The van der Waals surface area contributed by atoms with E-state index in [-0.39, 0.29) is 6.61 Å². The molecular formula is C20H24N2O5. The zero-order valence-electron chi connectivity index (χ0n) is 15.9. The number of benzene rings is 2. The van der Waals surface area contributed by atoms with Crippen LogP contribution in [0.25, 0.3) is 0 Å². The first kappa shape index (κ1) is 20.1. The molecule has 2 aromatic carbocycles. The molecular weight excluding hydrogens is 348 g/mol. The molecule has 27 heavy (non-hydrogen) atoms. The highest BCUT2D eigenvalue weighted by molar-refractivity contribution is 5.99. The quantitative estimate of drug-likeness (QED) is 0.778. The molecule has 0 spiro atoms. The zero-order valence-corrected chi connectivity index (χ0v) is 15.9. The number of ether oxygens (including phenoxy) is 3. The Morgan fingerprint density at radius 1 is 0.963 bits per heavy atom. The minimum absolute atomic E-state index is 0.125. The SMILES string of the molecule is COc1ccc(NC(=O)C(C)(C)NC(=O)OCc2ccccc2)cc1OC. The van der Waals surface area contributed by atoms with Crippen molar-refractivity contribution in [1.29, 1.82) is 0 Å². The fourth-order valence-electron chi connectivity index (χ4n) is 2.27. The summed E-state index contributed by atoms with van der Waals surface area (Å²) in [7, 11) is 3.04. The van der Waals surface area contributed by atoms with E-state index in [1.165, 1.54) is 14.2 Å². The largest absolute Gasteiger partial charge is 0.493 e. The van der Waals surface area contributed by atoms with Gasteiger partial charge < -0.3 is 24.8 Å². The van der Waals surface area contributed by atoms with Crippen LogP contribution in [0, 0.1) is 0 Å². The molecule has 2 amide bonds. The lowest BCUT2D eigenvalue weighted by atomic mass is 10.0. The van der Waals surface area contributed by atoms with Gasteiger partial charge in [-0.25, -0.2) is 4.79 Å². The van der Waals surface area contributed by atoms with Crippen LogP contribution in [0.3, 0.4) is 0 Å². The van der Waals surface area contributed by atoms with Gasteiger partial charge in [-0.3, -0.25) is 4.79 Å². The monoisotopic (exact) mass is 372 g/mol. The number of carbonyl (C=O) groups excluding carboxylic acids is 2. The van der Waals surface area contributed by atoms with E-state index >= 15 is 0 Å². The van der Waals surface area contributed by atoms with Crippen molar-refractivity contribution >= 4 is 17.7 Å². The fourth-order valence-corrected chi connectivity index (χ4v) is 2.27. The second-order valence-electron chi connectivity index (χ2n) is 6.34. The Balaban J connectivity index is 1.94. The predicted molar refractivity (Wildman–Crippen MR) is 102 cm³/mol. The number of rotatable bonds is 7. The third kappa shape index (κ3) is 5.64. The average Bonchev–Trinajstić information content (AvgIpc) is 2.66. The van der Waals surface area contributed by atoms with E-state index in [9.17, 15) is 9.59 Å². The summed E-state index contributed by atoms with van der Waals surface area (Å²) in [5.41, 5.74) is 0.200. The van der Waals surface area contributed by atoms with Gasteiger partial charge in [-0.1, -0.05) is 30.3 Å². The third-order valence-corrected chi connectivity index (χ3v) is 3.84. The first-order valence-corrected chi connectivity index (χ1v) is 8.38. The van der Waals surface area contributed by atoms with Crippen molar-refractivity contribution in [3.63, 3.8) is 0 Å². The molecule has 0 bridgehead atoms. The third-order valence-electron chi connectivity index (χ3n) is 3.84. The molecule has 0 saturated heterocycles. The van der Waals surface area contributed by atoms with E-state index in [1.54, 1.807) is 32.0 Å². The van der Waals surface area contributed by atoms with Gasteiger partial charge in [0.2, 0.25) is 5.91 Å². The van der Waals surface area contributed by atoms with Crippen LogP contribution in [-0.2, 0) is 16.1 Å². The summed E-state index contributed by atoms with van der Waals surface area (Å²) >= 11 is 0. The molecule has 7 heteroatoms. The molecule has 0 heterocycles. The highest BCUT2D eigenvalue weighted by Crippen LogP contribution is 2.30. The van der Waals surface area contributed by atoms with Gasteiger partial charge in [0.25, 0.3) is 0 Å². The van der Waals surface area contributed by atoms with Gasteiger partial charge in [-0.15, -0.1) is 0 Å². The lowest BCUT2D eigenvalue weighted by Crippen LogP contribution is -2.52. The van der Waals surface area contributed by atoms with Crippen LogP contribution in [0.2, 0.25) is 0 Å². The van der Waals surface area contributed by atoms with Crippen molar-refractivity contribution in [2.75, 3.05) is 19.5 Å². The second-order valence-corrected chi connectivity index (χ2v) is 6.34. The maximum Gasteiger partial charge on any atom is 0.408 e. The highest BCUT2D eigenvalue weighted by atomic mass is 16.5. The van der Waals surface area contributed by atoms with Crippen LogP contribution in [0.15, 0.2) is 48.5 Å². The molecule has 0 aliphatic heterocycles. The number of amides is 2. The van der Waals surface area contributed by atoms with Gasteiger partial charge in [0.1, 0.15) is 12.1 Å². The van der Waals surface area contributed by atoms with E-state index in [1.807, 2.05) is 30.3 Å². The minimum Gasteiger partial charge on any atom is -0.493 e. The maximum absolute atomic E-state index is 12.5. The summed E-state index contributed by atoms with van der Waals surface area (Å²) < 4.78 is 15.5. The molecule has 2 N–H and O–H groups in total. The van der Waals surface area contributed by atoms with E-state index in [4.69, 9.17) is 14.2 Å². The Hall–Kier alpha value is -3.22. The molecule has 0 aliphatic rings. The Labute approximate surface area is 158 Å². The van der Waals surface area contributed by atoms with Crippen molar-refractivity contribution in [1.82, 2.24) is 5.32 Å². The van der Waals surface area contributed by atoms with Gasteiger partial charge in [0.05, 0.1) is 14.2 Å². The van der Waals surface area contributed by atoms with E-state index in [0.29, 0.717) is 17.2 Å². The average molecular weight is 372 g/mol. The second kappa shape index (κ2) is 8.93. The maximum atomic E-state index is 12.5. The standard InChI is InChI=1S/C20H24N2O5/c1-20(2,22-19(24)27-13-14-8-6-5-7-9-14)18(23)21-15-10-11-16(25-3)17(12-15)26-4/h5-12H,13H2,1-4H3,(H,21,23)(H,22,24). The fraction of sp³-hybridized carbons (Fsp3) is 0.300. The smallest absolute Gasteiger partial charge is 0.408 e. The number of hydrogen-bond donors (Lipinski definition) is 2. The van der Waals surface area contributed by atoms with Crippen LogP contribution in [0.1, 0.15) is 19.4 Å². The van der Waals surface area contributed by atoms with Gasteiger partial charge in [-0.2, -0.15) is 0 Å². The Kier molecular flexibility index (Phi) is 6.65. The highest BCUT2D eigenvalue weighted by Gasteiger charge is 2.30. The predicted octanol–water partition coefficient (Wildman–Crippen LogP) is 3.35. The molecule has 2 aromatic rings. The number of methoxy groups -OCH3 is 2. The summed E-state index contributed by atoms with van der Waals surface area (Å²) in [6, 6.07) is 14.3. The van der Waals surface area contributed by atoms with Crippen LogP contribution in [0.4, 0.5) is 10.5 Å². The molecule has 2 rings (SSSR count). The van der Waals surface area contributed by atoms with E-state index < -0.39 is 17.5 Å². The Morgan fingerprint density at radius 3 is 2.26 bits per heavy atom. The minimum atomic E-state index is -1.18. The van der Waals surface area contributed by atoms with Gasteiger partial charge >= 0.3 is 6.09 Å². The lowest BCUT2D eigenvalue weighted by molar-refractivity contribution is -0.121. The summed E-state index contributed by atoms with van der Waals surface area (Å²) in [6.07, 6.45) is -0.675. The number of hydrogen-bond acceptors (Lipinski definition) is 5.